The lowest BCUT2D eigenvalue weighted by Crippen LogP contribution is -2.54. The average molecular weight is 254 g/mol. The van der Waals surface area contributed by atoms with Crippen molar-refractivity contribution < 1.29 is 14.7 Å². The molecule has 3 unspecified atom stereocenters. The molecule has 0 bridgehead atoms. The maximum atomic E-state index is 12.5. The normalized spacial score (nSPS) is 36.7. The summed E-state index contributed by atoms with van der Waals surface area (Å²) in [5.74, 6) is -0.862. The second kappa shape index (κ2) is 4.88. The molecule has 0 spiro atoms. The quantitative estimate of drug-likeness (QED) is 0.766. The number of amides is 1. The van der Waals surface area contributed by atoms with Gasteiger partial charge in [0.1, 0.15) is 5.54 Å². The Morgan fingerprint density at radius 2 is 2.17 bits per heavy atom. The first-order valence-electron chi connectivity index (χ1n) is 6.73. The molecule has 0 radical (unpaired) electrons. The first-order valence-corrected chi connectivity index (χ1v) is 6.73. The number of piperidine rings is 1. The molecule has 0 aromatic rings. The van der Waals surface area contributed by atoms with E-state index in [1.807, 2.05) is 0 Å². The van der Waals surface area contributed by atoms with E-state index < -0.39 is 11.5 Å². The fourth-order valence-electron chi connectivity index (χ4n) is 3.12. The summed E-state index contributed by atoms with van der Waals surface area (Å²) in [6.45, 7) is 5.17. The first-order chi connectivity index (χ1) is 8.45. The van der Waals surface area contributed by atoms with Gasteiger partial charge in [-0.2, -0.15) is 0 Å². The Morgan fingerprint density at radius 3 is 2.78 bits per heavy atom. The Labute approximate surface area is 108 Å². The van der Waals surface area contributed by atoms with Crippen molar-refractivity contribution in [3.05, 3.63) is 0 Å². The summed E-state index contributed by atoms with van der Waals surface area (Å²) in [7, 11) is 0. The van der Waals surface area contributed by atoms with Gasteiger partial charge in [0, 0.05) is 18.5 Å². The number of likely N-dealkylation sites (tertiary alicyclic amines) is 1. The minimum absolute atomic E-state index is 0.0157. The van der Waals surface area contributed by atoms with Crippen molar-refractivity contribution in [2.24, 2.45) is 5.92 Å². The number of carbonyl (C=O) groups is 2. The summed E-state index contributed by atoms with van der Waals surface area (Å²) < 4.78 is 0. The van der Waals surface area contributed by atoms with Crippen LogP contribution >= 0.6 is 0 Å². The molecule has 0 aromatic carbocycles. The Kier molecular flexibility index (Phi) is 3.61. The molecule has 2 saturated heterocycles. The van der Waals surface area contributed by atoms with Crippen molar-refractivity contribution in [2.45, 2.75) is 51.1 Å². The van der Waals surface area contributed by atoms with Crippen molar-refractivity contribution in [3.8, 4) is 0 Å². The van der Waals surface area contributed by atoms with Crippen LogP contribution in [-0.4, -0.2) is 46.6 Å². The molecule has 2 fully saturated rings. The third-order valence-electron chi connectivity index (χ3n) is 4.34. The van der Waals surface area contributed by atoms with Gasteiger partial charge in [0.15, 0.2) is 0 Å². The number of carboxylic acids is 1. The number of nitrogens with one attached hydrogen (secondary N) is 1. The van der Waals surface area contributed by atoms with E-state index in [-0.39, 0.29) is 11.8 Å². The predicted octanol–water partition coefficient (Wildman–Crippen LogP) is 0.840. The van der Waals surface area contributed by atoms with E-state index in [1.165, 1.54) is 0 Å². The van der Waals surface area contributed by atoms with Gasteiger partial charge in [-0.25, -0.2) is 4.79 Å². The zero-order valence-corrected chi connectivity index (χ0v) is 11.1. The average Bonchev–Trinajstić information content (AvgIpc) is 2.72. The van der Waals surface area contributed by atoms with Crippen molar-refractivity contribution in [1.82, 2.24) is 10.2 Å². The third kappa shape index (κ3) is 2.23. The predicted molar refractivity (Wildman–Crippen MR) is 67.2 cm³/mol. The molecule has 2 aliphatic rings. The molecule has 5 heteroatoms. The van der Waals surface area contributed by atoms with Gasteiger partial charge in [-0.05, 0) is 46.1 Å². The maximum absolute atomic E-state index is 12.5. The van der Waals surface area contributed by atoms with Gasteiger partial charge in [0.05, 0.1) is 0 Å². The SMILES string of the molecule is CC1CC(C(=O)N2CCCC2(C)C(=O)O)CCN1. The molecule has 0 aromatic heterocycles. The number of carboxylic acid groups (broad SMARTS) is 1. The molecular formula is C13H22N2O3. The van der Waals surface area contributed by atoms with Crippen molar-refractivity contribution in [2.75, 3.05) is 13.1 Å². The van der Waals surface area contributed by atoms with Crippen LogP contribution in [0.5, 0.6) is 0 Å². The van der Waals surface area contributed by atoms with Crippen molar-refractivity contribution >= 4 is 11.9 Å². The van der Waals surface area contributed by atoms with Gasteiger partial charge in [-0.3, -0.25) is 4.79 Å². The van der Waals surface area contributed by atoms with Gasteiger partial charge < -0.3 is 15.3 Å². The summed E-state index contributed by atoms with van der Waals surface area (Å²) in [5, 5.41) is 12.6. The molecule has 1 amide bonds. The number of rotatable bonds is 2. The number of nitrogens with zero attached hydrogens (tertiary/aromatic N) is 1. The fraction of sp³-hybridized carbons (Fsp3) is 0.846. The van der Waals surface area contributed by atoms with Crippen LogP contribution in [0.25, 0.3) is 0 Å². The summed E-state index contributed by atoms with van der Waals surface area (Å²) >= 11 is 0. The molecule has 102 valence electrons. The Balaban J connectivity index is 2.10. The first kappa shape index (κ1) is 13.3. The molecule has 0 aliphatic carbocycles. The van der Waals surface area contributed by atoms with E-state index in [2.05, 4.69) is 12.2 Å². The zero-order chi connectivity index (χ0) is 13.3. The van der Waals surface area contributed by atoms with Crippen LogP contribution in [0.4, 0.5) is 0 Å². The molecule has 2 aliphatic heterocycles. The summed E-state index contributed by atoms with van der Waals surface area (Å²) in [6, 6.07) is 0.339. The lowest BCUT2D eigenvalue weighted by Gasteiger charge is -2.36. The van der Waals surface area contributed by atoms with Crippen molar-refractivity contribution in [1.29, 1.82) is 0 Å². The number of aliphatic carboxylic acids is 1. The van der Waals surface area contributed by atoms with Crippen LogP contribution < -0.4 is 5.32 Å². The van der Waals surface area contributed by atoms with E-state index in [0.29, 0.717) is 19.0 Å². The summed E-state index contributed by atoms with van der Waals surface area (Å²) in [5.41, 5.74) is -0.995. The number of carbonyl (C=O) groups excluding carboxylic acids is 1. The van der Waals surface area contributed by atoms with E-state index in [0.717, 1.165) is 25.8 Å². The number of hydrogen-bond acceptors (Lipinski definition) is 3. The monoisotopic (exact) mass is 254 g/mol. The highest BCUT2D eigenvalue weighted by molar-refractivity contribution is 5.88. The smallest absolute Gasteiger partial charge is 0.329 e. The van der Waals surface area contributed by atoms with E-state index in [9.17, 15) is 14.7 Å². The highest BCUT2D eigenvalue weighted by atomic mass is 16.4. The highest BCUT2D eigenvalue weighted by Gasteiger charge is 2.47. The molecule has 0 saturated carbocycles. The highest BCUT2D eigenvalue weighted by Crippen LogP contribution is 2.32. The maximum Gasteiger partial charge on any atom is 0.329 e. The van der Waals surface area contributed by atoms with Gasteiger partial charge in [0.2, 0.25) is 5.91 Å². The van der Waals surface area contributed by atoms with Crippen LogP contribution in [0.3, 0.4) is 0 Å². The van der Waals surface area contributed by atoms with E-state index in [4.69, 9.17) is 0 Å². The van der Waals surface area contributed by atoms with Gasteiger partial charge in [-0.15, -0.1) is 0 Å². The second-order valence-electron chi connectivity index (χ2n) is 5.75. The topological polar surface area (TPSA) is 69.6 Å². The molecular weight excluding hydrogens is 232 g/mol. The molecule has 5 nitrogen and oxygen atoms in total. The van der Waals surface area contributed by atoms with Crippen LogP contribution in [0.15, 0.2) is 0 Å². The van der Waals surface area contributed by atoms with E-state index >= 15 is 0 Å². The van der Waals surface area contributed by atoms with Crippen LogP contribution in [0.2, 0.25) is 0 Å². The molecule has 18 heavy (non-hydrogen) atoms. The lowest BCUT2D eigenvalue weighted by atomic mass is 9.90. The second-order valence-corrected chi connectivity index (χ2v) is 5.75. The molecule has 2 heterocycles. The standard InChI is InChI=1S/C13H22N2O3/c1-9-8-10(4-6-14-9)11(16)15-7-3-5-13(15,2)12(17)18/h9-10,14H,3-8H2,1-2H3,(H,17,18). The molecule has 3 atom stereocenters. The van der Waals surface area contributed by atoms with Gasteiger partial charge in [-0.1, -0.05) is 0 Å². The summed E-state index contributed by atoms with van der Waals surface area (Å²) in [6.07, 6.45) is 2.98. The van der Waals surface area contributed by atoms with Crippen LogP contribution in [-0.2, 0) is 9.59 Å². The number of hydrogen-bond donors (Lipinski definition) is 2. The van der Waals surface area contributed by atoms with Gasteiger partial charge >= 0.3 is 5.97 Å². The Hall–Kier alpha value is -1.10. The Bertz CT molecular complexity index is 358. The van der Waals surface area contributed by atoms with Crippen molar-refractivity contribution in [3.63, 3.8) is 0 Å². The lowest BCUT2D eigenvalue weighted by molar-refractivity contribution is -0.157. The largest absolute Gasteiger partial charge is 0.480 e. The van der Waals surface area contributed by atoms with Crippen LogP contribution in [0.1, 0.15) is 39.5 Å². The van der Waals surface area contributed by atoms with Crippen LogP contribution in [0, 0.1) is 5.92 Å². The molecule has 2 rings (SSSR count). The minimum atomic E-state index is -0.995. The zero-order valence-electron chi connectivity index (χ0n) is 11.1. The molecule has 2 N–H and O–H groups in total. The third-order valence-corrected chi connectivity index (χ3v) is 4.34. The fourth-order valence-corrected chi connectivity index (χ4v) is 3.12. The Morgan fingerprint density at radius 1 is 1.44 bits per heavy atom. The van der Waals surface area contributed by atoms with E-state index in [1.54, 1.807) is 11.8 Å². The minimum Gasteiger partial charge on any atom is -0.480 e. The summed E-state index contributed by atoms with van der Waals surface area (Å²) in [4.78, 5) is 25.5. The van der Waals surface area contributed by atoms with Gasteiger partial charge in [0.25, 0.3) is 0 Å².